The third-order valence-electron chi connectivity index (χ3n) is 0. The molecule has 0 fully saturated rings. The van der Waals surface area contributed by atoms with Crippen molar-refractivity contribution in [2.45, 2.75) is 0 Å². The molecular formula is H4O6SiTi. The summed E-state index contributed by atoms with van der Waals surface area (Å²) < 4.78 is 17.0. The van der Waals surface area contributed by atoms with Gasteiger partial charge in [0.1, 0.15) is 0 Å². The van der Waals surface area contributed by atoms with Gasteiger partial charge in [-0.2, -0.15) is 0 Å². The van der Waals surface area contributed by atoms with Crippen molar-refractivity contribution < 1.29 is 44.9 Å². The summed E-state index contributed by atoms with van der Waals surface area (Å²) >= 11 is -2.00. The minimum absolute atomic E-state index is 2.00. The number of hydrogen-bond donors (Lipinski definition) is 4. The van der Waals surface area contributed by atoms with Crippen LogP contribution in [0, 0.1) is 0 Å². The summed E-state index contributed by atoms with van der Waals surface area (Å²) in [5.74, 6) is 0. The third-order valence-corrected chi connectivity index (χ3v) is 0. The van der Waals surface area contributed by atoms with Crippen LogP contribution in [0.1, 0.15) is 0 Å². The fourth-order valence-corrected chi connectivity index (χ4v) is 0. The zero-order chi connectivity index (χ0) is 7.21. The van der Waals surface area contributed by atoms with Crippen LogP contribution >= 0.6 is 0 Å². The molecule has 0 aromatic rings. The molecular weight excluding hydrogens is 172 g/mol. The van der Waals surface area contributed by atoms with E-state index in [2.05, 4.69) is 0 Å². The molecule has 4 N–H and O–H groups in total. The molecule has 0 radical (unpaired) electrons. The van der Waals surface area contributed by atoms with Gasteiger partial charge in [-0.1, -0.05) is 0 Å². The fraction of sp³-hybridized carbons (Fsp3) is 0. The van der Waals surface area contributed by atoms with Crippen molar-refractivity contribution in [3.63, 3.8) is 0 Å². The van der Waals surface area contributed by atoms with E-state index in [9.17, 15) is 0 Å². The molecule has 8 heavy (non-hydrogen) atoms. The first-order chi connectivity index (χ1) is 3.41. The molecule has 0 spiro atoms. The predicted octanol–water partition coefficient (Wildman–Crippen LogP) is -2.85. The Bertz CT molecular complexity index is 69.0. The molecule has 0 aromatic carbocycles. The van der Waals surface area contributed by atoms with Gasteiger partial charge in [-0.25, -0.2) is 0 Å². The standard InChI is InChI=1S/H4O4Si.2O.Ti/c1-5(2,3)4;;;/h1-4H;;;. The van der Waals surface area contributed by atoms with Crippen molar-refractivity contribution in [3.8, 4) is 0 Å². The van der Waals surface area contributed by atoms with Crippen molar-refractivity contribution in [3.05, 3.63) is 0 Å². The van der Waals surface area contributed by atoms with Crippen LogP contribution < -0.4 is 0 Å². The maximum absolute atomic E-state index is 8.50. The Labute approximate surface area is 54.5 Å². The van der Waals surface area contributed by atoms with Gasteiger partial charge >= 0.3 is 34.8 Å². The summed E-state index contributed by atoms with van der Waals surface area (Å²) in [6, 6.07) is 0. The van der Waals surface area contributed by atoms with Gasteiger partial charge in [-0.15, -0.1) is 0 Å². The SMILES string of the molecule is O[Si](O)(O)O.[O]=[Ti]=[O]. The molecule has 0 bridgehead atoms. The van der Waals surface area contributed by atoms with Crippen LogP contribution in [0.15, 0.2) is 0 Å². The second-order valence-corrected chi connectivity index (χ2v) is 2.14. The van der Waals surface area contributed by atoms with E-state index >= 15 is 0 Å². The normalized spacial score (nSPS) is 8.50. The van der Waals surface area contributed by atoms with Crippen molar-refractivity contribution in [1.29, 1.82) is 0 Å². The Balaban J connectivity index is 0. The summed E-state index contributed by atoms with van der Waals surface area (Å²) in [5, 5.41) is 0. The van der Waals surface area contributed by atoms with Crippen molar-refractivity contribution in [2.24, 2.45) is 0 Å². The zero-order valence-corrected chi connectivity index (χ0v) is 6.17. The van der Waals surface area contributed by atoms with Gasteiger partial charge in [0.25, 0.3) is 0 Å². The van der Waals surface area contributed by atoms with Crippen LogP contribution in [-0.4, -0.2) is 28.2 Å². The molecule has 0 rings (SSSR count). The Morgan fingerprint density at radius 2 is 1.00 bits per heavy atom. The van der Waals surface area contributed by atoms with Gasteiger partial charge in [0, 0.05) is 0 Å². The fourth-order valence-electron chi connectivity index (χ4n) is 0. The molecule has 0 atom stereocenters. The van der Waals surface area contributed by atoms with Gasteiger partial charge in [0.2, 0.25) is 0 Å². The molecule has 6 nitrogen and oxygen atoms in total. The second-order valence-electron chi connectivity index (χ2n) is 0.683. The molecule has 0 aromatic heterocycles. The predicted molar refractivity (Wildman–Crippen MR) is 16.0 cm³/mol. The molecule has 0 heterocycles. The molecule has 0 saturated heterocycles. The van der Waals surface area contributed by atoms with Crippen LogP contribution in [-0.2, 0) is 25.7 Å². The van der Waals surface area contributed by atoms with Crippen molar-refractivity contribution in [2.75, 3.05) is 0 Å². The average Bonchev–Trinajstić information content (AvgIpc) is 1.27. The van der Waals surface area contributed by atoms with E-state index < -0.39 is 28.1 Å². The van der Waals surface area contributed by atoms with Crippen LogP contribution in [0.4, 0.5) is 0 Å². The Morgan fingerprint density at radius 1 is 1.00 bits per heavy atom. The Morgan fingerprint density at radius 3 is 1.00 bits per heavy atom. The third kappa shape index (κ3) is 1330. The van der Waals surface area contributed by atoms with E-state index in [-0.39, 0.29) is 0 Å². The van der Waals surface area contributed by atoms with E-state index in [1.807, 2.05) is 0 Å². The summed E-state index contributed by atoms with van der Waals surface area (Å²) in [7, 11) is -4.61. The van der Waals surface area contributed by atoms with Crippen LogP contribution in [0.25, 0.3) is 0 Å². The van der Waals surface area contributed by atoms with E-state index in [4.69, 9.17) is 25.8 Å². The number of hydrogen-bond acceptors (Lipinski definition) is 6. The van der Waals surface area contributed by atoms with Crippen LogP contribution in [0.3, 0.4) is 0 Å². The van der Waals surface area contributed by atoms with Gasteiger partial charge in [-0.05, 0) is 0 Å². The van der Waals surface area contributed by atoms with Gasteiger partial charge in [0.05, 0.1) is 0 Å². The average molecular weight is 176 g/mol. The van der Waals surface area contributed by atoms with E-state index in [1.165, 1.54) is 0 Å². The minimum atomic E-state index is -4.61. The Hall–Kier alpha value is 0.371. The zero-order valence-electron chi connectivity index (χ0n) is 3.61. The van der Waals surface area contributed by atoms with E-state index in [1.54, 1.807) is 0 Å². The Kier molecular flexibility index (Phi) is 7.71. The molecule has 48 valence electrons. The van der Waals surface area contributed by atoms with E-state index in [0.29, 0.717) is 0 Å². The van der Waals surface area contributed by atoms with E-state index in [0.717, 1.165) is 0 Å². The first-order valence-corrected chi connectivity index (χ1v) is 4.37. The quantitative estimate of drug-likeness (QED) is 0.295. The van der Waals surface area contributed by atoms with Gasteiger partial charge in [-0.3, -0.25) is 0 Å². The number of rotatable bonds is 0. The molecule has 8 heteroatoms. The summed E-state index contributed by atoms with van der Waals surface area (Å²) in [6.45, 7) is 0. The summed E-state index contributed by atoms with van der Waals surface area (Å²) in [6.07, 6.45) is 0. The molecule has 0 unspecified atom stereocenters. The van der Waals surface area contributed by atoms with Crippen molar-refractivity contribution in [1.82, 2.24) is 0 Å². The molecule has 0 aliphatic carbocycles. The topological polar surface area (TPSA) is 115 Å². The first kappa shape index (κ1) is 11.2. The molecule has 0 aliphatic rings. The summed E-state index contributed by atoms with van der Waals surface area (Å²) in [5.41, 5.74) is 0. The molecule has 0 amide bonds. The maximum atomic E-state index is 8.50. The van der Waals surface area contributed by atoms with Gasteiger partial charge in [0.15, 0.2) is 0 Å². The first-order valence-electron chi connectivity index (χ1n) is 1.30. The second kappa shape index (κ2) is 5.51. The molecule has 0 saturated carbocycles. The van der Waals surface area contributed by atoms with Crippen LogP contribution in [0.2, 0.25) is 0 Å². The van der Waals surface area contributed by atoms with Crippen molar-refractivity contribution >= 4 is 9.05 Å². The van der Waals surface area contributed by atoms with Gasteiger partial charge < -0.3 is 19.2 Å². The van der Waals surface area contributed by atoms with Crippen LogP contribution in [0.5, 0.6) is 0 Å². The summed E-state index contributed by atoms with van der Waals surface area (Å²) in [4.78, 5) is 29.3. The molecule has 0 aliphatic heterocycles. The monoisotopic (exact) mass is 176 g/mol.